The van der Waals surface area contributed by atoms with Crippen LogP contribution in [-0.4, -0.2) is 4.98 Å². The highest BCUT2D eigenvalue weighted by Gasteiger charge is 2.37. The maximum Gasteiger partial charge on any atom is 0.0539 e. The van der Waals surface area contributed by atoms with Crippen LogP contribution < -0.4 is 4.90 Å². The van der Waals surface area contributed by atoms with Gasteiger partial charge in [-0.2, -0.15) is 0 Å². The van der Waals surface area contributed by atoms with E-state index in [2.05, 4.69) is 88.9 Å². The third-order valence-electron chi connectivity index (χ3n) is 8.55. The molecule has 0 amide bonds. The summed E-state index contributed by atoms with van der Waals surface area (Å²) in [6.45, 7) is 0. The van der Waals surface area contributed by atoms with E-state index >= 15 is 0 Å². The van der Waals surface area contributed by atoms with Crippen LogP contribution in [0.15, 0.2) is 85.2 Å². The fourth-order valence-electron chi connectivity index (χ4n) is 7.15. The maximum absolute atomic E-state index is 4.50. The van der Waals surface area contributed by atoms with Gasteiger partial charge < -0.3 is 4.90 Å². The van der Waals surface area contributed by atoms with Crippen LogP contribution in [0.2, 0.25) is 0 Å². The first-order valence-corrected chi connectivity index (χ1v) is 12.6. The highest BCUT2D eigenvalue weighted by molar-refractivity contribution is 5.97. The zero-order chi connectivity index (χ0) is 22.7. The number of benzene rings is 4. The molecule has 2 heteroatoms. The molecule has 0 unspecified atom stereocenters. The topological polar surface area (TPSA) is 16.1 Å². The van der Waals surface area contributed by atoms with Crippen molar-refractivity contribution in [3.8, 4) is 22.3 Å². The van der Waals surface area contributed by atoms with Crippen LogP contribution in [0, 0.1) is 0 Å². The first-order valence-electron chi connectivity index (χ1n) is 12.6. The Morgan fingerprint density at radius 2 is 1.29 bits per heavy atom. The molecule has 164 valence electrons. The van der Waals surface area contributed by atoms with Crippen molar-refractivity contribution in [2.75, 3.05) is 4.90 Å². The van der Waals surface area contributed by atoms with Crippen LogP contribution in [0.4, 0.5) is 17.1 Å². The van der Waals surface area contributed by atoms with Gasteiger partial charge in [0, 0.05) is 25.2 Å². The zero-order valence-corrected chi connectivity index (χ0v) is 19.3. The first-order chi connectivity index (χ1) is 17.3. The van der Waals surface area contributed by atoms with Crippen molar-refractivity contribution in [2.24, 2.45) is 0 Å². The van der Waals surface area contributed by atoms with Crippen LogP contribution in [0.3, 0.4) is 0 Å². The van der Waals surface area contributed by atoms with Crippen molar-refractivity contribution in [2.45, 2.75) is 25.7 Å². The minimum atomic E-state index is 0.953. The molecule has 4 aromatic carbocycles. The number of fused-ring (bicyclic) bond motifs is 11. The summed E-state index contributed by atoms with van der Waals surface area (Å²) in [5.74, 6) is 0. The molecule has 0 spiro atoms. The molecule has 1 aromatic heterocycles. The van der Waals surface area contributed by atoms with Gasteiger partial charge in [-0.15, -0.1) is 0 Å². The second-order valence-electron chi connectivity index (χ2n) is 10.4. The standard InChI is InChI=1S/C33H22N2/c1-3-7-26-19(5-1)11-21-13-22-16-29-32-23(12-20-6-2-4-8-27(20)32)14-24-15-25-18-34-10-9-30(25)35(33(24)29)31(22)17-28(21)26/h1-10,13-14,17-18H,11-12,15-16H2. The highest BCUT2D eigenvalue weighted by atomic mass is 15.2. The Hall–Kier alpha value is -4.17. The summed E-state index contributed by atoms with van der Waals surface area (Å²) in [6, 6.07) is 27.6. The van der Waals surface area contributed by atoms with Gasteiger partial charge >= 0.3 is 0 Å². The van der Waals surface area contributed by atoms with Gasteiger partial charge in [0.2, 0.25) is 0 Å². The average molecular weight is 447 g/mol. The number of pyridine rings is 1. The number of rotatable bonds is 0. The fourth-order valence-corrected chi connectivity index (χ4v) is 7.15. The van der Waals surface area contributed by atoms with Gasteiger partial charge in [-0.25, -0.2) is 0 Å². The minimum absolute atomic E-state index is 0.953. The summed E-state index contributed by atoms with van der Waals surface area (Å²) >= 11 is 0. The summed E-state index contributed by atoms with van der Waals surface area (Å²) in [6.07, 6.45) is 8.04. The van der Waals surface area contributed by atoms with E-state index in [1.807, 2.05) is 6.20 Å². The Kier molecular flexibility index (Phi) is 3.27. The number of hydrogen-bond acceptors (Lipinski definition) is 2. The predicted octanol–water partition coefficient (Wildman–Crippen LogP) is 7.50. The molecular weight excluding hydrogens is 424 g/mol. The molecule has 2 aliphatic carbocycles. The lowest BCUT2D eigenvalue weighted by molar-refractivity contribution is 0.994. The third kappa shape index (κ3) is 2.27. The lowest BCUT2D eigenvalue weighted by atomic mass is 9.81. The normalized spacial score (nSPS) is 14.9. The van der Waals surface area contributed by atoms with Crippen LogP contribution in [0.25, 0.3) is 22.3 Å². The molecule has 3 heterocycles. The van der Waals surface area contributed by atoms with Crippen LogP contribution >= 0.6 is 0 Å². The maximum atomic E-state index is 4.50. The van der Waals surface area contributed by atoms with E-state index in [1.165, 1.54) is 83.8 Å². The Morgan fingerprint density at radius 3 is 2.20 bits per heavy atom. The van der Waals surface area contributed by atoms with Crippen molar-refractivity contribution < 1.29 is 0 Å². The molecule has 4 aliphatic rings. The Morgan fingerprint density at radius 1 is 0.543 bits per heavy atom. The van der Waals surface area contributed by atoms with Crippen molar-refractivity contribution in [1.29, 1.82) is 0 Å². The largest absolute Gasteiger partial charge is 0.309 e. The van der Waals surface area contributed by atoms with Gasteiger partial charge in [0.1, 0.15) is 0 Å². The van der Waals surface area contributed by atoms with Crippen LogP contribution in [-0.2, 0) is 25.7 Å². The average Bonchev–Trinajstić information content (AvgIpc) is 3.44. The monoisotopic (exact) mass is 446 g/mol. The van der Waals surface area contributed by atoms with Gasteiger partial charge in [-0.05, 0) is 91.7 Å². The molecule has 0 atom stereocenters. The molecule has 0 fully saturated rings. The van der Waals surface area contributed by atoms with Crippen molar-refractivity contribution >= 4 is 17.1 Å². The Balaban J connectivity index is 1.36. The van der Waals surface area contributed by atoms with E-state index in [-0.39, 0.29) is 0 Å². The number of hydrogen-bond donors (Lipinski definition) is 0. The van der Waals surface area contributed by atoms with Crippen molar-refractivity contribution in [3.05, 3.63) is 130 Å². The van der Waals surface area contributed by atoms with E-state index in [0.29, 0.717) is 0 Å². The number of aromatic nitrogens is 1. The molecular formula is C33H22N2. The summed E-state index contributed by atoms with van der Waals surface area (Å²) < 4.78 is 0. The van der Waals surface area contributed by atoms with E-state index in [9.17, 15) is 0 Å². The molecule has 0 saturated heterocycles. The van der Waals surface area contributed by atoms with E-state index in [0.717, 1.165) is 25.7 Å². The molecule has 9 rings (SSSR count). The Bertz CT molecular complexity index is 1760. The third-order valence-corrected chi connectivity index (χ3v) is 8.55. The minimum Gasteiger partial charge on any atom is -0.309 e. The van der Waals surface area contributed by atoms with Crippen molar-refractivity contribution in [1.82, 2.24) is 4.98 Å². The van der Waals surface area contributed by atoms with E-state index < -0.39 is 0 Å². The van der Waals surface area contributed by atoms with Gasteiger partial charge in [0.05, 0.1) is 17.1 Å². The molecule has 0 N–H and O–H groups in total. The molecule has 35 heavy (non-hydrogen) atoms. The van der Waals surface area contributed by atoms with Crippen molar-refractivity contribution in [3.63, 3.8) is 0 Å². The molecule has 5 aromatic rings. The fraction of sp³-hybridized carbons (Fsp3) is 0.121. The van der Waals surface area contributed by atoms with E-state index in [4.69, 9.17) is 0 Å². The number of nitrogens with zero attached hydrogens (tertiary/aromatic N) is 2. The highest BCUT2D eigenvalue weighted by Crippen LogP contribution is 2.56. The summed E-state index contributed by atoms with van der Waals surface area (Å²) in [5, 5.41) is 0. The smallest absolute Gasteiger partial charge is 0.0539 e. The second kappa shape index (κ2) is 6.28. The lowest BCUT2D eigenvalue weighted by Crippen LogP contribution is -2.25. The lowest BCUT2D eigenvalue weighted by Gasteiger charge is -2.40. The molecule has 0 saturated carbocycles. The number of anilines is 3. The van der Waals surface area contributed by atoms with Gasteiger partial charge in [-0.1, -0.05) is 60.7 Å². The van der Waals surface area contributed by atoms with E-state index in [1.54, 1.807) is 0 Å². The summed E-state index contributed by atoms with van der Waals surface area (Å²) in [4.78, 5) is 7.06. The van der Waals surface area contributed by atoms with Crippen LogP contribution in [0.1, 0.15) is 44.5 Å². The predicted molar refractivity (Wildman–Crippen MR) is 141 cm³/mol. The summed E-state index contributed by atoms with van der Waals surface area (Å²) in [5.41, 5.74) is 21.3. The van der Waals surface area contributed by atoms with Gasteiger partial charge in [0.25, 0.3) is 0 Å². The first kappa shape index (κ1) is 18.2. The van der Waals surface area contributed by atoms with Gasteiger partial charge in [-0.3, -0.25) is 4.98 Å². The molecule has 2 aliphatic heterocycles. The van der Waals surface area contributed by atoms with Gasteiger partial charge in [0.15, 0.2) is 0 Å². The molecule has 2 nitrogen and oxygen atoms in total. The Labute approximate surface area is 204 Å². The molecule has 0 radical (unpaired) electrons. The summed E-state index contributed by atoms with van der Waals surface area (Å²) in [7, 11) is 0. The zero-order valence-electron chi connectivity index (χ0n) is 19.3. The van der Waals surface area contributed by atoms with Crippen LogP contribution in [0.5, 0.6) is 0 Å². The molecule has 0 bridgehead atoms. The SMILES string of the molecule is c1ccc2c(c1)Cc1cc3c(cc1-2)N1c2ccncc2Cc2cc4c(c(c21)C3)-c1ccccc1C4. The second-order valence-corrected chi connectivity index (χ2v) is 10.4. The quantitative estimate of drug-likeness (QED) is 0.240.